The smallest absolute Gasteiger partial charge is 0.191 e. The summed E-state index contributed by atoms with van der Waals surface area (Å²) in [7, 11) is 3.45. The lowest BCUT2D eigenvalue weighted by Crippen LogP contribution is -2.44. The zero-order valence-corrected chi connectivity index (χ0v) is 15.2. The lowest BCUT2D eigenvalue weighted by Gasteiger charge is -2.22. The van der Waals surface area contributed by atoms with Gasteiger partial charge in [0.05, 0.1) is 25.6 Å². The number of anilines is 1. The molecular formula is C18H23ClN4O2. The number of guanidine groups is 1. The Morgan fingerprint density at radius 3 is 3.04 bits per heavy atom. The van der Waals surface area contributed by atoms with E-state index in [1.807, 2.05) is 30.3 Å². The number of nitrogens with zero attached hydrogens (tertiary/aromatic N) is 2. The molecule has 0 amide bonds. The first-order valence-corrected chi connectivity index (χ1v) is 8.65. The van der Waals surface area contributed by atoms with Crippen LogP contribution in [0.5, 0.6) is 5.75 Å². The Morgan fingerprint density at radius 2 is 2.32 bits per heavy atom. The molecule has 25 heavy (non-hydrogen) atoms. The fraction of sp³-hybridized carbons (Fsp3) is 0.389. The lowest BCUT2D eigenvalue weighted by atomic mass is 10.2. The second-order valence-electron chi connectivity index (χ2n) is 5.90. The molecule has 2 N–H and O–H groups in total. The molecule has 1 fully saturated rings. The number of halogens is 1. The van der Waals surface area contributed by atoms with Crippen LogP contribution in [0.2, 0.25) is 5.02 Å². The molecule has 0 bridgehead atoms. The third-order valence-electron chi connectivity index (χ3n) is 4.24. The third kappa shape index (κ3) is 4.39. The highest BCUT2D eigenvalue weighted by Gasteiger charge is 2.25. The van der Waals surface area contributed by atoms with Gasteiger partial charge in [0.25, 0.3) is 0 Å². The molecule has 134 valence electrons. The van der Waals surface area contributed by atoms with Gasteiger partial charge in [0, 0.05) is 31.2 Å². The van der Waals surface area contributed by atoms with Crippen molar-refractivity contribution >= 4 is 23.2 Å². The van der Waals surface area contributed by atoms with Crippen LogP contribution in [0.15, 0.2) is 46.0 Å². The van der Waals surface area contributed by atoms with Crippen LogP contribution in [-0.4, -0.2) is 39.2 Å². The summed E-state index contributed by atoms with van der Waals surface area (Å²) >= 11 is 6.15. The van der Waals surface area contributed by atoms with Gasteiger partial charge in [-0.2, -0.15) is 0 Å². The highest BCUT2D eigenvalue weighted by Crippen LogP contribution is 2.33. The molecule has 0 radical (unpaired) electrons. The average molecular weight is 363 g/mol. The SMILES string of the molecule is CN=C(NCc1ccco1)NC1CCN(c2cc(Cl)ccc2OC)C1. The Hall–Kier alpha value is -2.34. The van der Waals surface area contributed by atoms with E-state index in [9.17, 15) is 0 Å². The second kappa shape index (κ2) is 8.16. The van der Waals surface area contributed by atoms with Gasteiger partial charge in [-0.15, -0.1) is 0 Å². The molecule has 0 spiro atoms. The maximum absolute atomic E-state index is 6.15. The first-order chi connectivity index (χ1) is 12.2. The molecule has 0 saturated carbocycles. The Morgan fingerprint density at radius 1 is 1.44 bits per heavy atom. The van der Waals surface area contributed by atoms with Gasteiger partial charge in [-0.3, -0.25) is 4.99 Å². The van der Waals surface area contributed by atoms with Crippen molar-refractivity contribution < 1.29 is 9.15 Å². The van der Waals surface area contributed by atoms with E-state index in [1.54, 1.807) is 20.4 Å². The van der Waals surface area contributed by atoms with E-state index in [1.165, 1.54) is 0 Å². The van der Waals surface area contributed by atoms with Crippen LogP contribution in [0.4, 0.5) is 5.69 Å². The Bertz CT molecular complexity index is 718. The van der Waals surface area contributed by atoms with Crippen LogP contribution in [0.3, 0.4) is 0 Å². The van der Waals surface area contributed by atoms with Crippen LogP contribution in [0.25, 0.3) is 0 Å². The number of rotatable bonds is 5. The molecule has 1 atom stereocenters. The quantitative estimate of drug-likeness (QED) is 0.632. The molecule has 1 aromatic heterocycles. The maximum Gasteiger partial charge on any atom is 0.191 e. The maximum atomic E-state index is 6.15. The number of aliphatic imine (C=N–C) groups is 1. The Balaban J connectivity index is 1.58. The minimum atomic E-state index is 0.298. The summed E-state index contributed by atoms with van der Waals surface area (Å²) in [6.45, 7) is 2.40. The van der Waals surface area contributed by atoms with Gasteiger partial charge in [0.15, 0.2) is 5.96 Å². The largest absolute Gasteiger partial charge is 0.495 e. The van der Waals surface area contributed by atoms with E-state index in [4.69, 9.17) is 20.8 Å². The van der Waals surface area contributed by atoms with Crippen LogP contribution in [0, 0.1) is 0 Å². The number of methoxy groups -OCH3 is 1. The van der Waals surface area contributed by atoms with E-state index < -0.39 is 0 Å². The monoisotopic (exact) mass is 362 g/mol. The number of benzene rings is 1. The number of ether oxygens (including phenoxy) is 1. The molecule has 1 aromatic carbocycles. The van der Waals surface area contributed by atoms with Crippen molar-refractivity contribution in [1.82, 2.24) is 10.6 Å². The van der Waals surface area contributed by atoms with Crippen LogP contribution in [0.1, 0.15) is 12.2 Å². The van der Waals surface area contributed by atoms with Crippen LogP contribution >= 0.6 is 11.6 Å². The molecule has 1 unspecified atom stereocenters. The zero-order chi connectivity index (χ0) is 17.6. The number of hydrogen-bond donors (Lipinski definition) is 2. The summed E-state index contributed by atoms with van der Waals surface area (Å²) < 4.78 is 10.8. The first-order valence-electron chi connectivity index (χ1n) is 8.27. The zero-order valence-electron chi connectivity index (χ0n) is 14.5. The fourth-order valence-electron chi connectivity index (χ4n) is 2.98. The predicted molar refractivity (Wildman–Crippen MR) is 101 cm³/mol. The number of furan rings is 1. The lowest BCUT2D eigenvalue weighted by molar-refractivity contribution is 0.415. The minimum Gasteiger partial charge on any atom is -0.495 e. The molecule has 1 aliphatic rings. The standard InChI is InChI=1S/C18H23ClN4O2/c1-20-18(21-11-15-4-3-9-25-15)22-14-7-8-23(12-14)16-10-13(19)5-6-17(16)24-2/h3-6,9-10,14H,7-8,11-12H2,1-2H3,(H2,20,21,22). The molecule has 1 saturated heterocycles. The van der Waals surface area contributed by atoms with E-state index in [2.05, 4.69) is 20.5 Å². The molecule has 2 heterocycles. The van der Waals surface area contributed by atoms with Gasteiger partial charge in [-0.05, 0) is 36.8 Å². The second-order valence-corrected chi connectivity index (χ2v) is 6.33. The normalized spacial score (nSPS) is 17.6. The van der Waals surface area contributed by atoms with Crippen molar-refractivity contribution in [1.29, 1.82) is 0 Å². The number of nitrogens with one attached hydrogen (secondary N) is 2. The summed E-state index contributed by atoms with van der Waals surface area (Å²) in [6, 6.07) is 9.81. The van der Waals surface area contributed by atoms with Crippen molar-refractivity contribution in [2.75, 3.05) is 32.1 Å². The highest BCUT2D eigenvalue weighted by atomic mass is 35.5. The molecule has 0 aliphatic carbocycles. The molecule has 2 aromatic rings. The summed E-state index contributed by atoms with van der Waals surface area (Å²) in [5.74, 6) is 2.48. The Kier molecular flexibility index (Phi) is 5.71. The molecule has 1 aliphatic heterocycles. The Labute approximate surface area is 152 Å². The molecule has 7 heteroatoms. The highest BCUT2D eigenvalue weighted by molar-refractivity contribution is 6.30. The molecular weight excluding hydrogens is 340 g/mol. The van der Waals surface area contributed by atoms with Gasteiger partial charge in [0.1, 0.15) is 11.5 Å². The molecule has 3 rings (SSSR count). The van der Waals surface area contributed by atoms with Gasteiger partial charge >= 0.3 is 0 Å². The van der Waals surface area contributed by atoms with E-state index in [-0.39, 0.29) is 0 Å². The van der Waals surface area contributed by atoms with Crippen molar-refractivity contribution in [3.05, 3.63) is 47.4 Å². The van der Waals surface area contributed by atoms with E-state index in [0.29, 0.717) is 17.6 Å². The minimum absolute atomic E-state index is 0.298. The van der Waals surface area contributed by atoms with Gasteiger partial charge < -0.3 is 24.7 Å². The summed E-state index contributed by atoms with van der Waals surface area (Å²) in [4.78, 5) is 6.56. The van der Waals surface area contributed by atoms with Crippen LogP contribution < -0.4 is 20.3 Å². The summed E-state index contributed by atoms with van der Waals surface area (Å²) in [5.41, 5.74) is 1.03. The fourth-order valence-corrected chi connectivity index (χ4v) is 3.15. The van der Waals surface area contributed by atoms with Gasteiger partial charge in [-0.1, -0.05) is 11.6 Å². The topological polar surface area (TPSA) is 62.0 Å². The van der Waals surface area contributed by atoms with E-state index in [0.717, 1.165) is 42.7 Å². The predicted octanol–water partition coefficient (Wildman–Crippen LogP) is 2.89. The average Bonchev–Trinajstić information content (AvgIpc) is 3.30. The van der Waals surface area contributed by atoms with Crippen molar-refractivity contribution in [2.45, 2.75) is 19.0 Å². The van der Waals surface area contributed by atoms with Gasteiger partial charge in [0.2, 0.25) is 0 Å². The summed E-state index contributed by atoms with van der Waals surface area (Å²) in [6.07, 6.45) is 2.68. The van der Waals surface area contributed by atoms with E-state index >= 15 is 0 Å². The summed E-state index contributed by atoms with van der Waals surface area (Å²) in [5, 5.41) is 7.44. The van der Waals surface area contributed by atoms with Gasteiger partial charge in [-0.25, -0.2) is 0 Å². The van der Waals surface area contributed by atoms with Crippen molar-refractivity contribution in [3.63, 3.8) is 0 Å². The van der Waals surface area contributed by atoms with Crippen molar-refractivity contribution in [2.24, 2.45) is 4.99 Å². The first kappa shape index (κ1) is 17.5. The number of hydrogen-bond acceptors (Lipinski definition) is 4. The third-order valence-corrected chi connectivity index (χ3v) is 4.48. The van der Waals surface area contributed by atoms with Crippen LogP contribution in [-0.2, 0) is 6.54 Å². The molecule has 6 nitrogen and oxygen atoms in total. The van der Waals surface area contributed by atoms with Crippen molar-refractivity contribution in [3.8, 4) is 5.75 Å².